The van der Waals surface area contributed by atoms with E-state index in [9.17, 15) is 14.7 Å². The van der Waals surface area contributed by atoms with E-state index in [4.69, 9.17) is 4.74 Å². The Morgan fingerprint density at radius 2 is 1.73 bits per heavy atom. The molecule has 33 heavy (non-hydrogen) atoms. The van der Waals surface area contributed by atoms with E-state index in [1.807, 2.05) is 0 Å². The first-order chi connectivity index (χ1) is 16.0. The normalized spacial score (nSPS) is 17.7. The zero-order valence-electron chi connectivity index (χ0n) is 19.7. The van der Waals surface area contributed by atoms with E-state index in [1.54, 1.807) is 53.7 Å². The molecule has 0 spiro atoms. The Bertz CT molecular complexity index is 969. The number of carbonyl (C=O) groups is 2. The van der Waals surface area contributed by atoms with Gasteiger partial charge in [-0.1, -0.05) is 27.2 Å². The Balaban J connectivity index is 1.96. The molecule has 0 radical (unpaired) electrons. The van der Waals surface area contributed by atoms with Gasteiger partial charge in [0.25, 0.3) is 11.7 Å². The van der Waals surface area contributed by atoms with Crippen molar-refractivity contribution in [2.45, 2.75) is 39.7 Å². The second-order valence-electron chi connectivity index (χ2n) is 8.03. The lowest BCUT2D eigenvalue weighted by Crippen LogP contribution is -2.38. The largest absolute Gasteiger partial charge is 0.507 e. The summed E-state index contributed by atoms with van der Waals surface area (Å²) in [6.07, 6.45) is 5.26. The van der Waals surface area contributed by atoms with Crippen LogP contribution in [0.1, 0.15) is 50.8 Å². The number of rotatable bonds is 11. The van der Waals surface area contributed by atoms with Crippen LogP contribution in [0.5, 0.6) is 5.75 Å². The molecule has 1 aliphatic rings. The highest BCUT2D eigenvalue weighted by Crippen LogP contribution is 2.39. The lowest BCUT2D eigenvalue weighted by Gasteiger charge is -2.28. The molecule has 1 unspecified atom stereocenters. The molecule has 0 aliphatic carbocycles. The molecule has 1 fully saturated rings. The third kappa shape index (κ3) is 5.60. The molecular weight excluding hydrogens is 418 g/mol. The molecule has 1 amide bonds. The smallest absolute Gasteiger partial charge is 0.295 e. The van der Waals surface area contributed by atoms with Crippen molar-refractivity contribution in [1.82, 2.24) is 14.8 Å². The molecule has 1 atom stereocenters. The molecule has 0 saturated carbocycles. The van der Waals surface area contributed by atoms with Gasteiger partial charge in [-0.25, -0.2) is 0 Å². The standard InChI is InChI=1S/C26H33N3O4/c1-4-7-18-33-21-10-8-20(9-11-21)24(30)22-23(19-12-14-27-15-13-19)29(26(32)25(22)31)17-16-28(5-2)6-3/h8-15,23,30H,4-7,16-18H2,1-3H3/b24-22+. The van der Waals surface area contributed by atoms with E-state index < -0.39 is 17.7 Å². The SMILES string of the molecule is CCCCOc1ccc(/C(O)=C2\C(=O)C(=O)N(CCN(CC)CC)C2c2ccncc2)cc1. The maximum Gasteiger partial charge on any atom is 0.295 e. The van der Waals surface area contributed by atoms with Crippen LogP contribution in [0.4, 0.5) is 0 Å². The van der Waals surface area contributed by atoms with Crippen molar-refractivity contribution >= 4 is 17.4 Å². The predicted octanol–water partition coefficient (Wildman–Crippen LogP) is 4.02. The van der Waals surface area contributed by atoms with Gasteiger partial charge in [-0.2, -0.15) is 0 Å². The maximum absolute atomic E-state index is 13.1. The summed E-state index contributed by atoms with van der Waals surface area (Å²) in [5.74, 6) is -0.742. The molecule has 7 heteroatoms. The van der Waals surface area contributed by atoms with Gasteiger partial charge in [-0.05, 0) is 61.5 Å². The van der Waals surface area contributed by atoms with Gasteiger partial charge in [0.05, 0.1) is 18.2 Å². The van der Waals surface area contributed by atoms with Gasteiger partial charge in [-0.3, -0.25) is 14.6 Å². The number of aliphatic hydroxyl groups excluding tert-OH is 1. The van der Waals surface area contributed by atoms with Crippen LogP contribution in [-0.4, -0.2) is 64.4 Å². The van der Waals surface area contributed by atoms with Crippen LogP contribution in [0, 0.1) is 0 Å². The van der Waals surface area contributed by atoms with E-state index >= 15 is 0 Å². The summed E-state index contributed by atoms with van der Waals surface area (Å²) < 4.78 is 5.69. The number of hydrogen-bond acceptors (Lipinski definition) is 6. The monoisotopic (exact) mass is 451 g/mol. The van der Waals surface area contributed by atoms with Crippen molar-refractivity contribution in [3.05, 3.63) is 65.5 Å². The molecule has 2 heterocycles. The fourth-order valence-electron chi connectivity index (χ4n) is 3.99. The minimum atomic E-state index is -0.669. The summed E-state index contributed by atoms with van der Waals surface area (Å²) in [5, 5.41) is 11.1. The lowest BCUT2D eigenvalue weighted by atomic mass is 9.96. The molecule has 1 N–H and O–H groups in total. The zero-order valence-corrected chi connectivity index (χ0v) is 19.7. The zero-order chi connectivity index (χ0) is 23.8. The number of carbonyl (C=O) groups excluding carboxylic acids is 2. The summed E-state index contributed by atoms with van der Waals surface area (Å²) in [6, 6.07) is 9.85. The molecule has 3 rings (SSSR count). The Morgan fingerprint density at radius 3 is 2.33 bits per heavy atom. The molecular formula is C26H33N3O4. The van der Waals surface area contributed by atoms with Gasteiger partial charge in [0.1, 0.15) is 11.5 Å². The van der Waals surface area contributed by atoms with Crippen LogP contribution in [0.2, 0.25) is 0 Å². The molecule has 0 bridgehead atoms. The summed E-state index contributed by atoms with van der Waals surface area (Å²) in [6.45, 7) is 9.59. The highest BCUT2D eigenvalue weighted by Gasteiger charge is 2.45. The Hall–Kier alpha value is -3.19. The number of benzene rings is 1. The number of likely N-dealkylation sites (tertiary alicyclic amines) is 1. The molecule has 1 aromatic heterocycles. The number of nitrogens with zero attached hydrogens (tertiary/aromatic N) is 3. The van der Waals surface area contributed by atoms with Crippen molar-refractivity contribution < 1.29 is 19.4 Å². The Morgan fingerprint density at radius 1 is 1.06 bits per heavy atom. The fourth-order valence-corrected chi connectivity index (χ4v) is 3.99. The number of aromatic nitrogens is 1. The lowest BCUT2D eigenvalue weighted by molar-refractivity contribution is -0.140. The van der Waals surface area contributed by atoms with Crippen molar-refractivity contribution in [3.8, 4) is 5.75 Å². The number of aliphatic hydroxyl groups is 1. The number of ketones is 1. The van der Waals surface area contributed by atoms with Crippen molar-refractivity contribution in [3.63, 3.8) is 0 Å². The summed E-state index contributed by atoms with van der Waals surface area (Å²) in [4.78, 5) is 33.9. The molecule has 1 aliphatic heterocycles. The number of ether oxygens (including phenoxy) is 1. The number of pyridine rings is 1. The average Bonchev–Trinajstić information content (AvgIpc) is 3.10. The van der Waals surface area contributed by atoms with Crippen molar-refractivity contribution in [1.29, 1.82) is 0 Å². The van der Waals surface area contributed by atoms with Crippen LogP contribution in [0.25, 0.3) is 5.76 Å². The van der Waals surface area contributed by atoms with Gasteiger partial charge < -0.3 is 19.6 Å². The summed E-state index contributed by atoms with van der Waals surface area (Å²) in [5.41, 5.74) is 1.31. The number of unbranched alkanes of at least 4 members (excludes halogenated alkanes) is 1. The van der Waals surface area contributed by atoms with E-state index in [1.165, 1.54) is 0 Å². The van der Waals surface area contributed by atoms with E-state index in [-0.39, 0.29) is 11.3 Å². The number of likely N-dealkylation sites (N-methyl/N-ethyl adjacent to an activating group) is 1. The fraction of sp³-hybridized carbons (Fsp3) is 0.423. The van der Waals surface area contributed by atoms with E-state index in [0.29, 0.717) is 31.0 Å². The molecule has 2 aromatic rings. The number of amides is 1. The van der Waals surface area contributed by atoms with Gasteiger partial charge in [0.15, 0.2) is 0 Å². The minimum absolute atomic E-state index is 0.102. The third-order valence-electron chi connectivity index (χ3n) is 6.01. The second kappa shape index (κ2) is 11.6. The first kappa shape index (κ1) is 24.5. The number of Topliss-reactive ketones (excluding diaryl/α,β-unsaturated/α-hetero) is 1. The van der Waals surface area contributed by atoms with Crippen LogP contribution in [0.3, 0.4) is 0 Å². The average molecular weight is 452 g/mol. The molecule has 176 valence electrons. The van der Waals surface area contributed by atoms with Gasteiger partial charge in [0, 0.05) is 31.0 Å². The highest BCUT2D eigenvalue weighted by molar-refractivity contribution is 6.46. The Labute approximate surface area is 195 Å². The first-order valence-electron chi connectivity index (χ1n) is 11.7. The van der Waals surface area contributed by atoms with Crippen molar-refractivity contribution in [2.24, 2.45) is 0 Å². The van der Waals surface area contributed by atoms with Crippen molar-refractivity contribution in [2.75, 3.05) is 32.8 Å². The van der Waals surface area contributed by atoms with Crippen LogP contribution >= 0.6 is 0 Å². The van der Waals surface area contributed by atoms with Crippen LogP contribution in [-0.2, 0) is 9.59 Å². The second-order valence-corrected chi connectivity index (χ2v) is 8.03. The summed E-state index contributed by atoms with van der Waals surface area (Å²) >= 11 is 0. The highest BCUT2D eigenvalue weighted by atomic mass is 16.5. The van der Waals surface area contributed by atoms with Crippen LogP contribution in [0.15, 0.2) is 54.4 Å². The van der Waals surface area contributed by atoms with Gasteiger partial charge >= 0.3 is 0 Å². The molecule has 1 saturated heterocycles. The van der Waals surface area contributed by atoms with Gasteiger partial charge in [-0.15, -0.1) is 0 Å². The topological polar surface area (TPSA) is 83.0 Å². The third-order valence-corrected chi connectivity index (χ3v) is 6.01. The van der Waals surface area contributed by atoms with E-state index in [0.717, 1.165) is 31.5 Å². The quantitative estimate of drug-likeness (QED) is 0.240. The van der Waals surface area contributed by atoms with Gasteiger partial charge in [0.2, 0.25) is 0 Å². The minimum Gasteiger partial charge on any atom is -0.507 e. The Kier molecular flexibility index (Phi) is 8.60. The number of hydrogen-bond donors (Lipinski definition) is 1. The van der Waals surface area contributed by atoms with E-state index in [2.05, 4.69) is 30.7 Å². The summed E-state index contributed by atoms with van der Waals surface area (Å²) in [7, 11) is 0. The molecule has 1 aromatic carbocycles. The predicted molar refractivity (Wildman–Crippen MR) is 128 cm³/mol. The van der Waals surface area contributed by atoms with Crippen LogP contribution < -0.4 is 4.74 Å². The first-order valence-corrected chi connectivity index (χ1v) is 11.7. The maximum atomic E-state index is 13.1. The molecule has 7 nitrogen and oxygen atoms in total.